The molecule has 6 nitrogen and oxygen atoms in total. The van der Waals surface area contributed by atoms with Gasteiger partial charge < -0.3 is 9.32 Å². The summed E-state index contributed by atoms with van der Waals surface area (Å²) in [6.07, 6.45) is 4.86. The van der Waals surface area contributed by atoms with Gasteiger partial charge in [0.2, 0.25) is 5.91 Å². The SMILES string of the molecule is CC1CCCC(n2c(SCC(=O)N(C)Cc3ccco3)nc3ccccc3c2=O)C1C. The largest absolute Gasteiger partial charge is 0.467 e. The molecule has 0 aliphatic heterocycles. The van der Waals surface area contributed by atoms with Crippen LogP contribution in [0.3, 0.4) is 0 Å². The van der Waals surface area contributed by atoms with Crippen LogP contribution in [0.5, 0.6) is 0 Å². The van der Waals surface area contributed by atoms with Crippen LogP contribution in [-0.4, -0.2) is 33.2 Å². The highest BCUT2D eigenvalue weighted by molar-refractivity contribution is 7.99. The number of thioether (sulfide) groups is 1. The molecular weight excluding hydrogens is 410 g/mol. The zero-order chi connectivity index (χ0) is 22.0. The molecule has 1 aromatic carbocycles. The maximum atomic E-state index is 13.5. The quantitative estimate of drug-likeness (QED) is 0.410. The van der Waals surface area contributed by atoms with Gasteiger partial charge in [-0.25, -0.2) is 4.98 Å². The van der Waals surface area contributed by atoms with Gasteiger partial charge in [-0.2, -0.15) is 0 Å². The Labute approximate surface area is 186 Å². The number of benzene rings is 1. The van der Waals surface area contributed by atoms with Gasteiger partial charge in [-0.1, -0.05) is 50.6 Å². The van der Waals surface area contributed by atoms with Crippen LogP contribution in [0.4, 0.5) is 0 Å². The van der Waals surface area contributed by atoms with E-state index in [1.165, 1.54) is 18.2 Å². The molecule has 1 aliphatic rings. The van der Waals surface area contributed by atoms with E-state index in [1.54, 1.807) is 18.2 Å². The number of hydrogen-bond donors (Lipinski definition) is 0. The summed E-state index contributed by atoms with van der Waals surface area (Å²) in [6.45, 7) is 4.91. The number of fused-ring (bicyclic) bond motifs is 1. The minimum absolute atomic E-state index is 0.00422. The summed E-state index contributed by atoms with van der Waals surface area (Å²) >= 11 is 1.35. The number of rotatable bonds is 6. The Morgan fingerprint density at radius 1 is 1.23 bits per heavy atom. The molecule has 0 spiro atoms. The average molecular weight is 440 g/mol. The number of hydrogen-bond acceptors (Lipinski definition) is 5. The Kier molecular flexibility index (Phi) is 6.51. The van der Waals surface area contributed by atoms with Gasteiger partial charge in [-0.05, 0) is 42.5 Å². The molecule has 0 bridgehead atoms. The highest BCUT2D eigenvalue weighted by Gasteiger charge is 2.31. The van der Waals surface area contributed by atoms with E-state index in [9.17, 15) is 9.59 Å². The smallest absolute Gasteiger partial charge is 0.262 e. The molecule has 2 aromatic heterocycles. The molecule has 0 N–H and O–H groups in total. The Morgan fingerprint density at radius 3 is 2.81 bits per heavy atom. The number of amides is 1. The van der Waals surface area contributed by atoms with Gasteiger partial charge in [0.05, 0.1) is 29.5 Å². The Bertz CT molecular complexity index is 1110. The van der Waals surface area contributed by atoms with Crippen LogP contribution in [0.1, 0.15) is 44.9 Å². The molecule has 2 heterocycles. The van der Waals surface area contributed by atoms with Crippen molar-refractivity contribution in [3.63, 3.8) is 0 Å². The zero-order valence-corrected chi connectivity index (χ0v) is 19.1. The number of aromatic nitrogens is 2. The third-order valence-electron chi connectivity index (χ3n) is 6.49. The second kappa shape index (κ2) is 9.30. The molecule has 1 saturated carbocycles. The van der Waals surface area contributed by atoms with Crippen molar-refractivity contribution in [2.75, 3.05) is 12.8 Å². The van der Waals surface area contributed by atoms with Crippen molar-refractivity contribution in [3.05, 3.63) is 58.8 Å². The lowest BCUT2D eigenvalue weighted by Gasteiger charge is -2.36. The van der Waals surface area contributed by atoms with E-state index in [0.717, 1.165) is 18.6 Å². The normalized spacial score (nSPS) is 21.3. The summed E-state index contributed by atoms with van der Waals surface area (Å²) in [5, 5.41) is 1.27. The lowest BCUT2D eigenvalue weighted by Crippen LogP contribution is -2.35. The molecular formula is C24H29N3O3S. The van der Waals surface area contributed by atoms with Gasteiger partial charge in [0.25, 0.3) is 5.56 Å². The topological polar surface area (TPSA) is 68.3 Å². The zero-order valence-electron chi connectivity index (χ0n) is 18.3. The van der Waals surface area contributed by atoms with E-state index in [4.69, 9.17) is 9.40 Å². The fraction of sp³-hybridized carbons (Fsp3) is 0.458. The molecule has 0 radical (unpaired) electrons. The second-order valence-electron chi connectivity index (χ2n) is 8.54. The summed E-state index contributed by atoms with van der Waals surface area (Å²) < 4.78 is 7.21. The Hall–Kier alpha value is -2.54. The molecule has 1 fully saturated rings. The maximum absolute atomic E-state index is 13.5. The standard InChI is InChI=1S/C24H29N3O3S/c1-16-8-6-12-21(17(16)2)27-23(29)19-10-4-5-11-20(19)25-24(27)31-15-22(28)26(3)14-18-9-7-13-30-18/h4-5,7,9-11,13,16-17,21H,6,8,12,14-15H2,1-3H3. The highest BCUT2D eigenvalue weighted by atomic mass is 32.2. The van der Waals surface area contributed by atoms with Gasteiger partial charge in [0, 0.05) is 13.1 Å². The van der Waals surface area contributed by atoms with Crippen molar-refractivity contribution in [2.24, 2.45) is 11.8 Å². The summed E-state index contributed by atoms with van der Waals surface area (Å²) in [5.41, 5.74) is 0.676. The third-order valence-corrected chi connectivity index (χ3v) is 7.43. The molecule has 7 heteroatoms. The van der Waals surface area contributed by atoms with Crippen LogP contribution in [-0.2, 0) is 11.3 Å². The van der Waals surface area contributed by atoms with Crippen LogP contribution in [0.2, 0.25) is 0 Å². The molecule has 3 atom stereocenters. The molecule has 4 rings (SSSR count). The van der Waals surface area contributed by atoms with E-state index in [0.29, 0.717) is 34.4 Å². The van der Waals surface area contributed by atoms with E-state index < -0.39 is 0 Å². The van der Waals surface area contributed by atoms with Crippen LogP contribution in [0.15, 0.2) is 57.0 Å². The highest BCUT2D eigenvalue weighted by Crippen LogP contribution is 2.38. The minimum Gasteiger partial charge on any atom is -0.467 e. The van der Waals surface area contributed by atoms with Crippen LogP contribution in [0.25, 0.3) is 10.9 Å². The third kappa shape index (κ3) is 4.56. The molecule has 1 amide bonds. The predicted molar refractivity (Wildman–Crippen MR) is 123 cm³/mol. The summed E-state index contributed by atoms with van der Waals surface area (Å²) in [4.78, 5) is 32.7. The molecule has 31 heavy (non-hydrogen) atoms. The summed E-state index contributed by atoms with van der Waals surface area (Å²) in [5.74, 6) is 1.87. The first-order valence-electron chi connectivity index (χ1n) is 10.9. The number of furan rings is 1. The van der Waals surface area contributed by atoms with Gasteiger partial charge >= 0.3 is 0 Å². The molecule has 1 aliphatic carbocycles. The lowest BCUT2D eigenvalue weighted by atomic mass is 9.78. The second-order valence-corrected chi connectivity index (χ2v) is 9.48. The van der Waals surface area contributed by atoms with Gasteiger partial charge in [0.1, 0.15) is 5.76 Å². The number of carbonyl (C=O) groups is 1. The van der Waals surface area contributed by atoms with E-state index in [-0.39, 0.29) is 23.3 Å². The molecule has 164 valence electrons. The summed E-state index contributed by atoms with van der Waals surface area (Å²) in [6, 6.07) is 11.2. The number of carbonyl (C=O) groups excluding carboxylic acids is 1. The van der Waals surface area contributed by atoms with E-state index in [2.05, 4.69) is 13.8 Å². The first kappa shape index (κ1) is 21.7. The van der Waals surface area contributed by atoms with Crippen LogP contribution >= 0.6 is 11.8 Å². The van der Waals surface area contributed by atoms with Crippen molar-refractivity contribution in [1.82, 2.24) is 14.5 Å². The van der Waals surface area contributed by atoms with E-state index in [1.807, 2.05) is 41.0 Å². The molecule has 3 aromatic rings. The monoisotopic (exact) mass is 439 g/mol. The van der Waals surface area contributed by atoms with Crippen LogP contribution < -0.4 is 5.56 Å². The van der Waals surface area contributed by atoms with Crippen LogP contribution in [0, 0.1) is 11.8 Å². The number of nitrogens with zero attached hydrogens (tertiary/aromatic N) is 3. The van der Waals surface area contributed by atoms with Crippen molar-refractivity contribution in [1.29, 1.82) is 0 Å². The lowest BCUT2D eigenvalue weighted by molar-refractivity contribution is -0.127. The first-order chi connectivity index (χ1) is 15.0. The fourth-order valence-corrected chi connectivity index (χ4v) is 5.39. The van der Waals surface area contributed by atoms with Gasteiger partial charge in [0.15, 0.2) is 5.16 Å². The van der Waals surface area contributed by atoms with Crippen molar-refractivity contribution >= 4 is 28.6 Å². The first-order valence-corrected chi connectivity index (χ1v) is 11.8. The summed E-state index contributed by atoms with van der Waals surface area (Å²) in [7, 11) is 1.76. The van der Waals surface area contributed by atoms with Gasteiger partial charge in [-0.3, -0.25) is 14.2 Å². The molecule has 3 unspecified atom stereocenters. The predicted octanol–water partition coefficient (Wildman–Crippen LogP) is 4.74. The molecule has 0 saturated heterocycles. The van der Waals surface area contributed by atoms with Crippen molar-refractivity contribution in [3.8, 4) is 0 Å². The maximum Gasteiger partial charge on any atom is 0.262 e. The fourth-order valence-electron chi connectivity index (χ4n) is 4.40. The number of para-hydroxylation sites is 1. The Balaban J connectivity index is 1.63. The minimum atomic E-state index is -0.0274. The van der Waals surface area contributed by atoms with Gasteiger partial charge in [-0.15, -0.1) is 0 Å². The average Bonchev–Trinajstić information content (AvgIpc) is 3.27. The van der Waals surface area contributed by atoms with Crippen molar-refractivity contribution < 1.29 is 9.21 Å². The van der Waals surface area contributed by atoms with Crippen molar-refractivity contribution in [2.45, 2.75) is 50.9 Å². The Morgan fingerprint density at radius 2 is 2.03 bits per heavy atom. The van der Waals surface area contributed by atoms with E-state index >= 15 is 0 Å².